The lowest BCUT2D eigenvalue weighted by Gasteiger charge is -2.34. The van der Waals surface area contributed by atoms with Crippen molar-refractivity contribution >= 4 is 17.7 Å². The number of ether oxygens (including phenoxy) is 1. The van der Waals surface area contributed by atoms with Gasteiger partial charge in [0.15, 0.2) is 0 Å². The Morgan fingerprint density at radius 2 is 1.94 bits per heavy atom. The lowest BCUT2D eigenvalue weighted by atomic mass is 10.0. The predicted octanol–water partition coefficient (Wildman–Crippen LogP) is 1.30. The number of esters is 1. The quantitative estimate of drug-likeness (QED) is 0.695. The molecule has 0 aromatic rings. The topological polar surface area (TPSA) is 63.7 Å². The van der Waals surface area contributed by atoms with Crippen LogP contribution in [0.4, 0.5) is 0 Å². The Kier molecular flexibility index (Phi) is 5.82. The first-order chi connectivity index (χ1) is 8.56. The highest BCUT2D eigenvalue weighted by Crippen LogP contribution is 2.19. The molecule has 1 unspecified atom stereocenters. The zero-order valence-corrected chi connectivity index (χ0v) is 11.1. The van der Waals surface area contributed by atoms with Gasteiger partial charge in [0.1, 0.15) is 11.8 Å². The van der Waals surface area contributed by atoms with Crippen molar-refractivity contribution in [2.45, 2.75) is 52.0 Å². The Morgan fingerprint density at radius 3 is 2.56 bits per heavy atom. The number of likely N-dealkylation sites (tertiary alicyclic amines) is 1. The van der Waals surface area contributed by atoms with Crippen molar-refractivity contribution in [2.75, 3.05) is 13.2 Å². The molecule has 1 aliphatic heterocycles. The average molecular weight is 255 g/mol. The molecule has 1 rings (SSSR count). The number of ketones is 1. The molecule has 0 aromatic carbocycles. The van der Waals surface area contributed by atoms with Crippen molar-refractivity contribution in [3.05, 3.63) is 0 Å². The zero-order chi connectivity index (χ0) is 13.5. The van der Waals surface area contributed by atoms with Gasteiger partial charge >= 0.3 is 5.97 Å². The maximum Gasteiger partial charge on any atom is 0.328 e. The summed E-state index contributed by atoms with van der Waals surface area (Å²) in [4.78, 5) is 36.2. The highest BCUT2D eigenvalue weighted by atomic mass is 16.5. The minimum atomic E-state index is -0.460. The number of Topliss-reactive ketones (excluding diaryl/α,β-unsaturated/α-hetero) is 1. The Morgan fingerprint density at radius 1 is 1.22 bits per heavy atom. The van der Waals surface area contributed by atoms with E-state index in [1.165, 1.54) is 6.92 Å². The molecular weight excluding hydrogens is 234 g/mol. The van der Waals surface area contributed by atoms with Crippen LogP contribution in [0.1, 0.15) is 46.0 Å². The molecule has 5 nitrogen and oxygen atoms in total. The van der Waals surface area contributed by atoms with Crippen LogP contribution in [-0.4, -0.2) is 41.8 Å². The molecule has 5 heteroatoms. The fourth-order valence-corrected chi connectivity index (χ4v) is 2.14. The summed E-state index contributed by atoms with van der Waals surface area (Å²) in [5.74, 6) is -0.454. The summed E-state index contributed by atoms with van der Waals surface area (Å²) in [7, 11) is 0. The SMILES string of the molecule is CCOC(=O)C1CCCCN1C(=O)CCC(C)=O. The molecule has 0 aromatic heterocycles. The lowest BCUT2D eigenvalue weighted by Crippen LogP contribution is -2.48. The lowest BCUT2D eigenvalue weighted by molar-refractivity contribution is -0.156. The Labute approximate surface area is 107 Å². The molecule has 1 atom stereocenters. The monoisotopic (exact) mass is 255 g/mol. The van der Waals surface area contributed by atoms with E-state index in [2.05, 4.69) is 0 Å². The van der Waals surface area contributed by atoms with Crippen LogP contribution in [0, 0.1) is 0 Å². The molecular formula is C13H21NO4. The van der Waals surface area contributed by atoms with Gasteiger partial charge in [-0.2, -0.15) is 0 Å². The van der Waals surface area contributed by atoms with Crippen LogP contribution in [0.25, 0.3) is 0 Å². The number of carbonyl (C=O) groups is 3. The Bertz CT molecular complexity index is 327. The fraction of sp³-hybridized carbons (Fsp3) is 0.769. The van der Waals surface area contributed by atoms with Gasteiger partial charge in [0, 0.05) is 19.4 Å². The van der Waals surface area contributed by atoms with Crippen molar-refractivity contribution in [1.29, 1.82) is 0 Å². The third-order valence-corrected chi connectivity index (χ3v) is 3.07. The zero-order valence-electron chi connectivity index (χ0n) is 11.1. The highest BCUT2D eigenvalue weighted by molar-refractivity contribution is 5.87. The van der Waals surface area contributed by atoms with Gasteiger partial charge in [0.05, 0.1) is 6.61 Å². The van der Waals surface area contributed by atoms with E-state index in [1.54, 1.807) is 11.8 Å². The minimum Gasteiger partial charge on any atom is -0.464 e. The summed E-state index contributed by atoms with van der Waals surface area (Å²) in [6, 6.07) is -0.460. The second-order valence-electron chi connectivity index (χ2n) is 4.55. The van der Waals surface area contributed by atoms with Crippen LogP contribution in [0.15, 0.2) is 0 Å². The van der Waals surface area contributed by atoms with Crippen molar-refractivity contribution in [1.82, 2.24) is 4.90 Å². The van der Waals surface area contributed by atoms with Gasteiger partial charge in [-0.1, -0.05) is 0 Å². The smallest absolute Gasteiger partial charge is 0.328 e. The third-order valence-electron chi connectivity index (χ3n) is 3.07. The summed E-state index contributed by atoms with van der Waals surface area (Å²) in [6.45, 7) is 4.12. The van der Waals surface area contributed by atoms with E-state index in [4.69, 9.17) is 4.74 Å². The molecule has 0 saturated carbocycles. The summed E-state index contributed by atoms with van der Waals surface area (Å²) in [6.07, 6.45) is 2.92. The Balaban J connectivity index is 2.60. The van der Waals surface area contributed by atoms with Gasteiger partial charge in [0.25, 0.3) is 0 Å². The number of hydrogen-bond donors (Lipinski definition) is 0. The molecule has 0 bridgehead atoms. The first-order valence-electron chi connectivity index (χ1n) is 6.51. The second-order valence-corrected chi connectivity index (χ2v) is 4.55. The van der Waals surface area contributed by atoms with E-state index in [1.807, 2.05) is 0 Å². The summed E-state index contributed by atoms with van der Waals surface area (Å²) >= 11 is 0. The number of piperidine rings is 1. The van der Waals surface area contributed by atoms with Gasteiger partial charge in [-0.3, -0.25) is 4.79 Å². The van der Waals surface area contributed by atoms with Gasteiger partial charge in [-0.25, -0.2) is 4.79 Å². The van der Waals surface area contributed by atoms with E-state index < -0.39 is 6.04 Å². The van der Waals surface area contributed by atoms with E-state index in [9.17, 15) is 14.4 Å². The molecule has 0 radical (unpaired) electrons. The van der Waals surface area contributed by atoms with E-state index >= 15 is 0 Å². The van der Waals surface area contributed by atoms with Gasteiger partial charge in [0.2, 0.25) is 5.91 Å². The molecule has 102 valence electrons. The number of hydrogen-bond acceptors (Lipinski definition) is 4. The number of nitrogens with zero attached hydrogens (tertiary/aromatic N) is 1. The Hall–Kier alpha value is -1.39. The molecule has 1 heterocycles. The first-order valence-corrected chi connectivity index (χ1v) is 6.51. The number of amides is 1. The average Bonchev–Trinajstić information content (AvgIpc) is 2.36. The van der Waals surface area contributed by atoms with Crippen molar-refractivity contribution in [3.8, 4) is 0 Å². The molecule has 0 aliphatic carbocycles. The minimum absolute atomic E-state index is 0.00644. The van der Waals surface area contributed by atoms with Crippen molar-refractivity contribution < 1.29 is 19.1 Å². The molecule has 0 spiro atoms. The largest absolute Gasteiger partial charge is 0.464 e. The van der Waals surface area contributed by atoms with Crippen LogP contribution in [-0.2, 0) is 19.1 Å². The fourth-order valence-electron chi connectivity index (χ4n) is 2.14. The van der Waals surface area contributed by atoms with Gasteiger partial charge in [-0.15, -0.1) is 0 Å². The van der Waals surface area contributed by atoms with E-state index in [0.29, 0.717) is 19.6 Å². The molecule has 1 amide bonds. The van der Waals surface area contributed by atoms with Crippen LogP contribution in [0.5, 0.6) is 0 Å². The normalized spacial score (nSPS) is 19.4. The molecule has 1 aliphatic rings. The maximum absolute atomic E-state index is 12.0. The molecule has 1 fully saturated rings. The first kappa shape index (κ1) is 14.7. The van der Waals surface area contributed by atoms with E-state index in [0.717, 1.165) is 12.8 Å². The van der Waals surface area contributed by atoms with Crippen LogP contribution < -0.4 is 0 Å². The van der Waals surface area contributed by atoms with Crippen molar-refractivity contribution in [3.63, 3.8) is 0 Å². The van der Waals surface area contributed by atoms with E-state index in [-0.39, 0.29) is 30.5 Å². The van der Waals surface area contributed by atoms with Gasteiger partial charge in [-0.05, 0) is 33.1 Å². The molecule has 18 heavy (non-hydrogen) atoms. The van der Waals surface area contributed by atoms with Crippen LogP contribution >= 0.6 is 0 Å². The highest BCUT2D eigenvalue weighted by Gasteiger charge is 2.32. The standard InChI is InChI=1S/C13H21NO4/c1-3-18-13(17)11-6-4-5-9-14(11)12(16)8-7-10(2)15/h11H,3-9H2,1-2H3. The maximum atomic E-state index is 12.0. The summed E-state index contributed by atoms with van der Waals surface area (Å²) < 4.78 is 4.99. The van der Waals surface area contributed by atoms with Crippen molar-refractivity contribution in [2.24, 2.45) is 0 Å². The summed E-state index contributed by atoms with van der Waals surface area (Å²) in [5, 5.41) is 0. The van der Waals surface area contributed by atoms with Crippen LogP contribution in [0.3, 0.4) is 0 Å². The second kappa shape index (κ2) is 7.13. The number of carbonyl (C=O) groups excluding carboxylic acids is 3. The third kappa shape index (κ3) is 4.13. The molecule has 0 N–H and O–H groups in total. The predicted molar refractivity (Wildman–Crippen MR) is 65.9 cm³/mol. The molecule has 1 saturated heterocycles. The summed E-state index contributed by atoms with van der Waals surface area (Å²) in [5.41, 5.74) is 0. The van der Waals surface area contributed by atoms with Crippen LogP contribution in [0.2, 0.25) is 0 Å². The number of rotatable bonds is 5. The van der Waals surface area contributed by atoms with Gasteiger partial charge < -0.3 is 14.4 Å².